The van der Waals surface area contributed by atoms with Crippen LogP contribution in [0.1, 0.15) is 32.6 Å². The summed E-state index contributed by atoms with van der Waals surface area (Å²) in [5.74, 6) is -1.17. The SMILES string of the molecule is CCC(NC(=O)CCNC1CC1)C(=O)O. The Kier molecular flexibility index (Phi) is 4.55. The van der Waals surface area contributed by atoms with E-state index in [2.05, 4.69) is 10.6 Å². The van der Waals surface area contributed by atoms with Gasteiger partial charge in [-0.2, -0.15) is 0 Å². The zero-order valence-electron chi connectivity index (χ0n) is 8.95. The highest BCUT2D eigenvalue weighted by atomic mass is 16.4. The summed E-state index contributed by atoms with van der Waals surface area (Å²) in [5, 5.41) is 14.4. The topological polar surface area (TPSA) is 78.4 Å². The Labute approximate surface area is 89.2 Å². The Morgan fingerprint density at radius 3 is 2.60 bits per heavy atom. The Bertz CT molecular complexity index is 239. The van der Waals surface area contributed by atoms with Gasteiger partial charge in [0.25, 0.3) is 0 Å². The molecule has 0 aromatic carbocycles. The number of rotatable bonds is 7. The van der Waals surface area contributed by atoms with E-state index in [0.717, 1.165) is 0 Å². The molecule has 1 fully saturated rings. The van der Waals surface area contributed by atoms with Gasteiger partial charge in [-0.3, -0.25) is 4.79 Å². The molecule has 0 heterocycles. The minimum absolute atomic E-state index is 0.197. The van der Waals surface area contributed by atoms with Crippen LogP contribution in [0.25, 0.3) is 0 Å². The first-order valence-electron chi connectivity index (χ1n) is 5.39. The van der Waals surface area contributed by atoms with Gasteiger partial charge in [0.05, 0.1) is 0 Å². The van der Waals surface area contributed by atoms with Crippen molar-refractivity contribution in [1.82, 2.24) is 10.6 Å². The average molecular weight is 214 g/mol. The van der Waals surface area contributed by atoms with Crippen molar-refractivity contribution in [2.24, 2.45) is 0 Å². The third kappa shape index (κ3) is 4.78. The summed E-state index contributed by atoms with van der Waals surface area (Å²) in [6, 6.07) is -0.169. The molecule has 0 aromatic heterocycles. The maximum atomic E-state index is 11.3. The second kappa shape index (κ2) is 5.70. The van der Waals surface area contributed by atoms with E-state index in [1.54, 1.807) is 6.92 Å². The molecular formula is C10H18N2O3. The van der Waals surface area contributed by atoms with Gasteiger partial charge in [-0.25, -0.2) is 4.79 Å². The van der Waals surface area contributed by atoms with Gasteiger partial charge in [-0.15, -0.1) is 0 Å². The molecule has 1 rings (SSSR count). The Morgan fingerprint density at radius 2 is 2.13 bits per heavy atom. The van der Waals surface area contributed by atoms with Crippen molar-refractivity contribution in [3.05, 3.63) is 0 Å². The van der Waals surface area contributed by atoms with E-state index in [0.29, 0.717) is 25.4 Å². The van der Waals surface area contributed by atoms with Crippen LogP contribution in [0, 0.1) is 0 Å². The van der Waals surface area contributed by atoms with E-state index in [1.807, 2.05) is 0 Å². The monoisotopic (exact) mass is 214 g/mol. The lowest BCUT2D eigenvalue weighted by molar-refractivity contribution is -0.141. The summed E-state index contributed by atoms with van der Waals surface area (Å²) < 4.78 is 0. The van der Waals surface area contributed by atoms with E-state index >= 15 is 0 Å². The highest BCUT2D eigenvalue weighted by molar-refractivity contribution is 5.83. The van der Waals surface area contributed by atoms with E-state index in [-0.39, 0.29) is 5.91 Å². The fourth-order valence-corrected chi connectivity index (χ4v) is 1.28. The van der Waals surface area contributed by atoms with E-state index in [9.17, 15) is 9.59 Å². The zero-order chi connectivity index (χ0) is 11.3. The number of amides is 1. The second-order valence-electron chi connectivity index (χ2n) is 3.84. The minimum atomic E-state index is -0.971. The lowest BCUT2D eigenvalue weighted by Crippen LogP contribution is -2.41. The van der Waals surface area contributed by atoms with Crippen molar-refractivity contribution >= 4 is 11.9 Å². The van der Waals surface area contributed by atoms with Crippen LogP contribution in [0.4, 0.5) is 0 Å². The summed E-state index contributed by atoms with van der Waals surface area (Å²) in [5.41, 5.74) is 0. The molecule has 1 unspecified atom stereocenters. The van der Waals surface area contributed by atoms with Gasteiger partial charge in [0, 0.05) is 19.0 Å². The van der Waals surface area contributed by atoms with Crippen LogP contribution in [0.5, 0.6) is 0 Å². The zero-order valence-corrected chi connectivity index (χ0v) is 8.95. The first-order valence-corrected chi connectivity index (χ1v) is 5.39. The molecule has 0 aromatic rings. The average Bonchev–Trinajstić information content (AvgIpc) is 2.97. The normalized spacial score (nSPS) is 17.1. The van der Waals surface area contributed by atoms with Crippen molar-refractivity contribution in [3.8, 4) is 0 Å². The molecule has 0 bridgehead atoms. The van der Waals surface area contributed by atoms with Crippen molar-refractivity contribution in [2.75, 3.05) is 6.54 Å². The first kappa shape index (κ1) is 12.0. The molecule has 0 saturated heterocycles. The van der Waals surface area contributed by atoms with Crippen LogP contribution in [-0.4, -0.2) is 35.6 Å². The summed E-state index contributed by atoms with van der Waals surface area (Å²) >= 11 is 0. The molecule has 0 aliphatic heterocycles. The molecule has 0 radical (unpaired) electrons. The van der Waals surface area contributed by atoms with E-state index in [4.69, 9.17) is 5.11 Å². The molecule has 5 nitrogen and oxygen atoms in total. The maximum absolute atomic E-state index is 11.3. The lowest BCUT2D eigenvalue weighted by atomic mass is 10.2. The smallest absolute Gasteiger partial charge is 0.326 e. The standard InChI is InChI=1S/C10H18N2O3/c1-2-8(10(14)15)12-9(13)5-6-11-7-3-4-7/h7-8,11H,2-6H2,1H3,(H,12,13)(H,14,15). The first-order chi connectivity index (χ1) is 7.13. The molecule has 0 spiro atoms. The quantitative estimate of drug-likeness (QED) is 0.562. The van der Waals surface area contributed by atoms with Crippen LogP contribution >= 0.6 is 0 Å². The molecule has 1 atom stereocenters. The third-order valence-electron chi connectivity index (χ3n) is 2.40. The number of carbonyl (C=O) groups excluding carboxylic acids is 1. The van der Waals surface area contributed by atoms with Gasteiger partial charge >= 0.3 is 5.97 Å². The number of carbonyl (C=O) groups is 2. The highest BCUT2D eigenvalue weighted by Crippen LogP contribution is 2.18. The van der Waals surface area contributed by atoms with E-state index in [1.165, 1.54) is 12.8 Å². The summed E-state index contributed by atoms with van der Waals surface area (Å²) in [6.07, 6.45) is 3.14. The fraction of sp³-hybridized carbons (Fsp3) is 0.800. The molecule has 5 heteroatoms. The Morgan fingerprint density at radius 1 is 1.47 bits per heavy atom. The van der Waals surface area contributed by atoms with Crippen LogP contribution in [0.2, 0.25) is 0 Å². The molecule has 1 aliphatic rings. The number of aliphatic carboxylic acids is 1. The van der Waals surface area contributed by atoms with Crippen LogP contribution in [0.15, 0.2) is 0 Å². The van der Waals surface area contributed by atoms with Gasteiger partial charge in [0.1, 0.15) is 6.04 Å². The third-order valence-corrected chi connectivity index (χ3v) is 2.40. The van der Waals surface area contributed by atoms with Crippen molar-refractivity contribution < 1.29 is 14.7 Å². The molecule has 1 aliphatic carbocycles. The lowest BCUT2D eigenvalue weighted by Gasteiger charge is -2.12. The molecule has 3 N–H and O–H groups in total. The Balaban J connectivity index is 2.12. The summed E-state index contributed by atoms with van der Waals surface area (Å²) in [6.45, 7) is 2.37. The van der Waals surface area contributed by atoms with Gasteiger partial charge in [-0.1, -0.05) is 6.92 Å². The van der Waals surface area contributed by atoms with Crippen LogP contribution < -0.4 is 10.6 Å². The fourth-order valence-electron chi connectivity index (χ4n) is 1.28. The second-order valence-corrected chi connectivity index (χ2v) is 3.84. The number of hydrogen-bond acceptors (Lipinski definition) is 3. The van der Waals surface area contributed by atoms with Gasteiger partial charge in [0.15, 0.2) is 0 Å². The van der Waals surface area contributed by atoms with Gasteiger partial charge in [-0.05, 0) is 19.3 Å². The molecule has 1 amide bonds. The summed E-state index contributed by atoms with van der Waals surface area (Å²) in [4.78, 5) is 21.9. The highest BCUT2D eigenvalue weighted by Gasteiger charge is 2.21. The van der Waals surface area contributed by atoms with Crippen molar-refractivity contribution in [3.63, 3.8) is 0 Å². The van der Waals surface area contributed by atoms with Crippen molar-refractivity contribution in [1.29, 1.82) is 0 Å². The maximum Gasteiger partial charge on any atom is 0.326 e. The largest absolute Gasteiger partial charge is 0.480 e. The predicted molar refractivity (Wildman–Crippen MR) is 55.5 cm³/mol. The predicted octanol–water partition coefficient (Wildman–Crippen LogP) is 0.108. The van der Waals surface area contributed by atoms with Crippen molar-refractivity contribution in [2.45, 2.75) is 44.7 Å². The van der Waals surface area contributed by atoms with Crippen LogP contribution in [-0.2, 0) is 9.59 Å². The summed E-state index contributed by atoms with van der Waals surface area (Å²) in [7, 11) is 0. The minimum Gasteiger partial charge on any atom is -0.480 e. The molecule has 86 valence electrons. The number of hydrogen-bond donors (Lipinski definition) is 3. The van der Waals surface area contributed by atoms with Crippen LogP contribution in [0.3, 0.4) is 0 Å². The number of carboxylic acid groups (broad SMARTS) is 1. The van der Waals surface area contributed by atoms with E-state index < -0.39 is 12.0 Å². The Hall–Kier alpha value is -1.10. The molecular weight excluding hydrogens is 196 g/mol. The number of nitrogens with one attached hydrogen (secondary N) is 2. The molecule has 1 saturated carbocycles. The molecule has 15 heavy (non-hydrogen) atoms. The van der Waals surface area contributed by atoms with Gasteiger partial charge in [0.2, 0.25) is 5.91 Å². The number of carboxylic acids is 1. The van der Waals surface area contributed by atoms with Gasteiger partial charge < -0.3 is 15.7 Å².